The van der Waals surface area contributed by atoms with Crippen LogP contribution in [0, 0.1) is 0 Å². The highest BCUT2D eigenvalue weighted by Crippen LogP contribution is 2.10. The fourth-order valence-electron chi connectivity index (χ4n) is 2.06. The van der Waals surface area contributed by atoms with Crippen LogP contribution in [0.4, 0.5) is 0 Å². The molecule has 0 fully saturated rings. The number of esters is 1. The van der Waals surface area contributed by atoms with Gasteiger partial charge in [-0.05, 0) is 6.42 Å². The van der Waals surface area contributed by atoms with Gasteiger partial charge in [-0.2, -0.15) is 0 Å². The maximum Gasteiger partial charge on any atom is 0.306 e. The van der Waals surface area contributed by atoms with Crippen molar-refractivity contribution in [2.75, 3.05) is 6.61 Å². The molecule has 0 aromatic heterocycles. The van der Waals surface area contributed by atoms with Crippen LogP contribution in [-0.2, 0) is 14.3 Å². The van der Waals surface area contributed by atoms with Crippen molar-refractivity contribution >= 4 is 23.7 Å². The lowest BCUT2D eigenvalue weighted by atomic mass is 10.1. The first-order valence-corrected chi connectivity index (χ1v) is 8.49. The van der Waals surface area contributed by atoms with E-state index < -0.39 is 0 Å². The number of carbonyl (C=O) groups excluding carboxylic acids is 2. The average Bonchev–Trinajstić information content (AvgIpc) is 2.42. The quantitative estimate of drug-likeness (QED) is 0.288. The molecule has 0 unspecified atom stereocenters. The molecule has 3 nitrogen and oxygen atoms in total. The first kappa shape index (κ1) is 19.5. The molecule has 4 heteroatoms. The summed E-state index contributed by atoms with van der Waals surface area (Å²) in [6.45, 7) is 2.72. The maximum atomic E-state index is 11.2. The van der Waals surface area contributed by atoms with Crippen molar-refractivity contribution in [2.24, 2.45) is 0 Å². The monoisotopic (exact) mass is 302 g/mol. The van der Waals surface area contributed by atoms with Crippen molar-refractivity contribution in [3.63, 3.8) is 0 Å². The lowest BCUT2D eigenvalue weighted by Crippen LogP contribution is -2.07. The standard InChI is InChI=1S/C16H30O3S/c1-2-3-4-5-6-7-8-9-10-11-14-19-15(17)12-13-16(18)20/h2-14H2,1H3,(H,18,20). The van der Waals surface area contributed by atoms with Crippen LogP contribution in [0.3, 0.4) is 0 Å². The van der Waals surface area contributed by atoms with E-state index in [1.54, 1.807) is 0 Å². The SMILES string of the molecule is CCCCCCCCCCCCOC(=O)CCC(=O)S. The van der Waals surface area contributed by atoms with E-state index in [0.717, 1.165) is 12.8 Å². The summed E-state index contributed by atoms with van der Waals surface area (Å²) in [5, 5.41) is -0.263. The summed E-state index contributed by atoms with van der Waals surface area (Å²) < 4.78 is 5.04. The van der Waals surface area contributed by atoms with Crippen molar-refractivity contribution in [2.45, 2.75) is 84.0 Å². The number of carbonyl (C=O) groups is 2. The van der Waals surface area contributed by atoms with E-state index in [0.29, 0.717) is 6.61 Å². The normalized spacial score (nSPS) is 10.5. The Morgan fingerprint density at radius 3 is 1.80 bits per heavy atom. The molecule has 0 aliphatic heterocycles. The Hall–Kier alpha value is -0.510. The molecule has 0 rings (SSSR count). The van der Waals surface area contributed by atoms with E-state index in [9.17, 15) is 9.59 Å². The molecule has 0 aliphatic carbocycles. The zero-order valence-electron chi connectivity index (χ0n) is 12.9. The molecular formula is C16H30O3S. The molecule has 0 saturated carbocycles. The molecule has 0 N–H and O–H groups in total. The van der Waals surface area contributed by atoms with E-state index >= 15 is 0 Å². The predicted molar refractivity (Wildman–Crippen MR) is 86.0 cm³/mol. The van der Waals surface area contributed by atoms with E-state index in [1.807, 2.05) is 0 Å². The fourth-order valence-corrected chi connectivity index (χ4v) is 2.17. The predicted octanol–water partition coefficient (Wildman–Crippen LogP) is 4.69. The van der Waals surface area contributed by atoms with Gasteiger partial charge in [0.25, 0.3) is 0 Å². The minimum absolute atomic E-state index is 0.153. The van der Waals surface area contributed by atoms with Gasteiger partial charge in [-0.25, -0.2) is 0 Å². The molecule has 0 aliphatic rings. The summed E-state index contributed by atoms with van der Waals surface area (Å²) >= 11 is 3.61. The Balaban J connectivity index is 3.12. The Bertz CT molecular complexity index is 254. The second kappa shape index (κ2) is 14.9. The molecule has 0 saturated heterocycles. The third-order valence-electron chi connectivity index (χ3n) is 3.30. The molecule has 0 heterocycles. The highest BCUT2D eigenvalue weighted by atomic mass is 32.1. The second-order valence-electron chi connectivity index (χ2n) is 5.30. The van der Waals surface area contributed by atoms with Gasteiger partial charge in [0.1, 0.15) is 0 Å². The van der Waals surface area contributed by atoms with Gasteiger partial charge in [-0.1, -0.05) is 64.7 Å². The highest BCUT2D eigenvalue weighted by Gasteiger charge is 2.04. The Morgan fingerprint density at radius 1 is 0.800 bits per heavy atom. The number of hydrogen-bond donors (Lipinski definition) is 1. The average molecular weight is 302 g/mol. The van der Waals surface area contributed by atoms with Crippen LogP contribution >= 0.6 is 12.6 Å². The van der Waals surface area contributed by atoms with Crippen molar-refractivity contribution < 1.29 is 14.3 Å². The topological polar surface area (TPSA) is 43.4 Å². The molecule has 0 radical (unpaired) electrons. The van der Waals surface area contributed by atoms with E-state index in [2.05, 4.69) is 19.6 Å². The van der Waals surface area contributed by atoms with Crippen LogP contribution in [0.25, 0.3) is 0 Å². The lowest BCUT2D eigenvalue weighted by Gasteiger charge is -2.04. The van der Waals surface area contributed by atoms with Gasteiger partial charge in [0, 0.05) is 6.42 Å². The largest absolute Gasteiger partial charge is 0.466 e. The molecule has 0 spiro atoms. The van der Waals surface area contributed by atoms with Gasteiger partial charge in [0.2, 0.25) is 0 Å². The summed E-state index contributed by atoms with van der Waals surface area (Å²) in [5.74, 6) is -0.289. The van der Waals surface area contributed by atoms with Crippen LogP contribution < -0.4 is 0 Å². The molecule has 0 aromatic carbocycles. The summed E-state index contributed by atoms with van der Waals surface area (Å²) in [7, 11) is 0. The number of rotatable bonds is 14. The molecule has 0 bridgehead atoms. The molecule has 0 amide bonds. The van der Waals surface area contributed by atoms with Crippen LogP contribution in [0.5, 0.6) is 0 Å². The molecule has 0 aromatic rings. The third kappa shape index (κ3) is 15.5. The van der Waals surface area contributed by atoms with Crippen molar-refractivity contribution in [3.8, 4) is 0 Å². The number of ether oxygens (including phenoxy) is 1. The number of hydrogen-bond acceptors (Lipinski definition) is 3. The Morgan fingerprint density at radius 2 is 1.30 bits per heavy atom. The van der Waals surface area contributed by atoms with E-state index in [1.165, 1.54) is 51.4 Å². The lowest BCUT2D eigenvalue weighted by molar-refractivity contribution is -0.144. The molecule has 118 valence electrons. The summed E-state index contributed by atoms with van der Waals surface area (Å²) in [4.78, 5) is 21.8. The molecule has 20 heavy (non-hydrogen) atoms. The third-order valence-corrected chi connectivity index (χ3v) is 3.53. The minimum Gasteiger partial charge on any atom is -0.466 e. The smallest absolute Gasteiger partial charge is 0.306 e. The number of unbranched alkanes of at least 4 members (excludes halogenated alkanes) is 9. The zero-order valence-corrected chi connectivity index (χ0v) is 13.8. The zero-order chi connectivity index (χ0) is 15.1. The summed E-state index contributed by atoms with van der Waals surface area (Å²) in [6, 6.07) is 0. The van der Waals surface area contributed by atoms with Gasteiger partial charge in [-0.15, -0.1) is 12.6 Å². The van der Waals surface area contributed by atoms with Crippen LogP contribution in [-0.4, -0.2) is 17.7 Å². The van der Waals surface area contributed by atoms with Gasteiger partial charge in [-0.3, -0.25) is 9.59 Å². The molecular weight excluding hydrogens is 272 g/mol. The first-order valence-electron chi connectivity index (χ1n) is 8.04. The van der Waals surface area contributed by atoms with Crippen LogP contribution in [0.15, 0.2) is 0 Å². The van der Waals surface area contributed by atoms with E-state index in [-0.39, 0.29) is 23.9 Å². The first-order chi connectivity index (χ1) is 9.66. The van der Waals surface area contributed by atoms with Crippen molar-refractivity contribution in [1.29, 1.82) is 0 Å². The maximum absolute atomic E-state index is 11.2. The van der Waals surface area contributed by atoms with Gasteiger partial charge >= 0.3 is 5.97 Å². The molecule has 0 atom stereocenters. The second-order valence-corrected chi connectivity index (χ2v) is 5.79. The fraction of sp³-hybridized carbons (Fsp3) is 0.875. The summed E-state index contributed by atoms with van der Waals surface area (Å²) in [5.41, 5.74) is 0. The van der Waals surface area contributed by atoms with Gasteiger partial charge in [0.15, 0.2) is 5.12 Å². The van der Waals surface area contributed by atoms with Crippen molar-refractivity contribution in [3.05, 3.63) is 0 Å². The van der Waals surface area contributed by atoms with Gasteiger partial charge < -0.3 is 4.74 Å². The van der Waals surface area contributed by atoms with E-state index in [4.69, 9.17) is 4.74 Å². The van der Waals surface area contributed by atoms with Crippen LogP contribution in [0.1, 0.15) is 84.0 Å². The summed E-state index contributed by atoms with van der Waals surface area (Å²) in [6.07, 6.45) is 13.0. The Labute approximate surface area is 129 Å². The highest BCUT2D eigenvalue weighted by molar-refractivity contribution is 7.96. The Kier molecular flexibility index (Phi) is 14.5. The van der Waals surface area contributed by atoms with Crippen molar-refractivity contribution in [1.82, 2.24) is 0 Å². The van der Waals surface area contributed by atoms with Crippen LogP contribution in [0.2, 0.25) is 0 Å². The minimum atomic E-state index is -0.289. The van der Waals surface area contributed by atoms with Gasteiger partial charge in [0.05, 0.1) is 13.0 Å². The number of thiol groups is 1.